The van der Waals surface area contributed by atoms with E-state index in [1.807, 2.05) is 12.7 Å². The molecule has 1 aromatic carbocycles. The van der Waals surface area contributed by atoms with E-state index in [0.717, 1.165) is 18.5 Å². The van der Waals surface area contributed by atoms with Crippen LogP contribution in [-0.4, -0.2) is 29.6 Å². The first-order valence-electron chi connectivity index (χ1n) is 7.20. The first-order chi connectivity index (χ1) is 9.71. The molecule has 0 radical (unpaired) electrons. The quantitative estimate of drug-likeness (QED) is 0.497. The third kappa shape index (κ3) is 4.37. The molecule has 0 saturated heterocycles. The normalized spacial score (nSPS) is 17.0. The maximum atomic E-state index is 6.03. The lowest BCUT2D eigenvalue weighted by atomic mass is 10.1. The Morgan fingerprint density at radius 3 is 2.38 bits per heavy atom. The topological polar surface area (TPSA) is 49.2 Å². The molecule has 2 rings (SSSR count). The summed E-state index contributed by atoms with van der Waals surface area (Å²) in [6.07, 6.45) is 6.43. The largest absolute Gasteiger partial charge is 0.399 e. The average molecular weight is 329 g/mol. The molecular formula is C16H30N2OPS+. The molecule has 0 bridgehead atoms. The molecule has 0 fully saturated rings. The van der Waals surface area contributed by atoms with Gasteiger partial charge in [-0.3, -0.25) is 0 Å². The molecule has 0 amide bonds. The highest BCUT2D eigenvalue weighted by molar-refractivity contribution is 8.29. The Labute approximate surface area is 133 Å². The van der Waals surface area contributed by atoms with Crippen LogP contribution >= 0.6 is 19.5 Å². The van der Waals surface area contributed by atoms with Gasteiger partial charge in [-0.15, -0.1) is 9.24 Å². The van der Waals surface area contributed by atoms with E-state index in [4.69, 9.17) is 10.0 Å². The van der Waals surface area contributed by atoms with Gasteiger partial charge in [0.05, 0.1) is 0 Å². The molecule has 1 unspecified atom stereocenters. The molecular weight excluding hydrogens is 299 g/mol. The molecule has 3 N–H and O–H groups in total. The van der Waals surface area contributed by atoms with Gasteiger partial charge < -0.3 is 5.73 Å². The zero-order chi connectivity index (χ0) is 16.3. The number of hydrogen-bond acceptors (Lipinski definition) is 2. The zero-order valence-corrected chi connectivity index (χ0v) is 16.1. The van der Waals surface area contributed by atoms with E-state index in [1.54, 1.807) is 0 Å². The summed E-state index contributed by atoms with van der Waals surface area (Å²) in [5, 5.41) is 3.22. The highest BCUT2D eigenvalue weighted by Gasteiger charge is 2.33. The van der Waals surface area contributed by atoms with Crippen LogP contribution < -0.4 is 10.9 Å². The van der Waals surface area contributed by atoms with Crippen LogP contribution in [0.1, 0.15) is 38.3 Å². The van der Waals surface area contributed by atoms with Crippen molar-refractivity contribution in [2.24, 2.45) is 0 Å². The van der Waals surface area contributed by atoms with Crippen molar-refractivity contribution >= 4 is 30.9 Å². The molecule has 5 heteroatoms. The number of fused-ring (bicyclic) bond motifs is 1. The maximum Gasteiger partial charge on any atom is 0.234 e. The van der Waals surface area contributed by atoms with Crippen molar-refractivity contribution in [3.63, 3.8) is 0 Å². The van der Waals surface area contributed by atoms with E-state index in [1.165, 1.54) is 16.8 Å². The number of rotatable bonds is 2. The zero-order valence-electron chi connectivity index (χ0n) is 14.1. The molecule has 120 valence electrons. The van der Waals surface area contributed by atoms with Gasteiger partial charge in [0, 0.05) is 34.9 Å². The van der Waals surface area contributed by atoms with Gasteiger partial charge in [0.2, 0.25) is 5.71 Å². The Kier molecular flexibility index (Phi) is 6.12. The number of nitrogens with one attached hydrogen (secondary N) is 1. The van der Waals surface area contributed by atoms with Crippen LogP contribution in [0, 0.1) is 0 Å². The van der Waals surface area contributed by atoms with E-state index < -0.39 is 10.3 Å². The summed E-state index contributed by atoms with van der Waals surface area (Å²) in [6, 6.07) is 6.10. The minimum absolute atomic E-state index is 0.156. The highest BCUT2D eigenvalue weighted by Crippen LogP contribution is 2.51. The van der Waals surface area contributed by atoms with E-state index in [9.17, 15) is 0 Å². The van der Waals surface area contributed by atoms with Crippen molar-refractivity contribution in [3.05, 3.63) is 29.3 Å². The molecule has 1 aliphatic rings. The molecule has 1 aromatic rings. The van der Waals surface area contributed by atoms with Gasteiger partial charge >= 0.3 is 0 Å². The van der Waals surface area contributed by atoms with Crippen LogP contribution in [0.4, 0.5) is 5.69 Å². The molecule has 0 aliphatic heterocycles. The van der Waals surface area contributed by atoms with Crippen LogP contribution in [0.3, 0.4) is 0 Å². The summed E-state index contributed by atoms with van der Waals surface area (Å²) < 4.78 is 6.19. The molecule has 0 saturated carbocycles. The van der Waals surface area contributed by atoms with Gasteiger partial charge in [0.1, 0.15) is 0 Å². The van der Waals surface area contributed by atoms with Crippen molar-refractivity contribution in [1.82, 2.24) is 0 Å². The van der Waals surface area contributed by atoms with Gasteiger partial charge in [0.15, 0.2) is 0 Å². The molecule has 21 heavy (non-hydrogen) atoms. The summed E-state index contributed by atoms with van der Waals surface area (Å²) in [7, 11) is 1.26. The second-order valence-corrected chi connectivity index (χ2v) is 10.3. The molecule has 0 heterocycles. The average Bonchev–Trinajstić information content (AvgIpc) is 2.79. The Morgan fingerprint density at radius 1 is 1.19 bits per heavy atom. The van der Waals surface area contributed by atoms with E-state index >= 15 is 0 Å². The predicted molar refractivity (Wildman–Crippen MR) is 100 cm³/mol. The Morgan fingerprint density at radius 2 is 1.81 bits per heavy atom. The van der Waals surface area contributed by atoms with Gasteiger partial charge in [-0.2, -0.15) is 0 Å². The fraction of sp³-hybridized carbons (Fsp3) is 0.562. The van der Waals surface area contributed by atoms with E-state index in [-0.39, 0.29) is 4.75 Å². The van der Waals surface area contributed by atoms with Crippen molar-refractivity contribution in [2.75, 3.05) is 24.9 Å². The fourth-order valence-corrected chi connectivity index (χ4v) is 2.45. The lowest BCUT2D eigenvalue weighted by Gasteiger charge is -2.37. The summed E-state index contributed by atoms with van der Waals surface area (Å²) >= 11 is 0. The van der Waals surface area contributed by atoms with Crippen LogP contribution in [0.25, 0.3) is 0 Å². The standard InChI is InChI=1S/C15H24N2OS.CH5P/c1-15(2,3)19(4,5)18-17-14-9-6-11-10-12(16)7-8-13(11)14;1-2/h7-8,10H,6,9,16H2,1-5H3;2H2,1H3/p+1/b17-14-;. The van der Waals surface area contributed by atoms with Crippen molar-refractivity contribution in [3.8, 4) is 0 Å². The summed E-state index contributed by atoms with van der Waals surface area (Å²) in [5.41, 5.74) is 10.4. The van der Waals surface area contributed by atoms with Crippen LogP contribution in [0.2, 0.25) is 0 Å². The Bertz CT molecular complexity index is 521. The Hall–Kier alpha value is -0.730. The second kappa shape index (κ2) is 7.02. The van der Waals surface area contributed by atoms with E-state index in [0.29, 0.717) is 0 Å². The van der Waals surface area contributed by atoms with Crippen LogP contribution in [-0.2, 0) is 10.7 Å². The van der Waals surface area contributed by atoms with Crippen molar-refractivity contribution < 1.29 is 9.44 Å². The van der Waals surface area contributed by atoms with Crippen LogP contribution in [0.15, 0.2) is 18.2 Å². The molecule has 0 spiro atoms. The third-order valence-corrected chi connectivity index (χ3v) is 7.40. The summed E-state index contributed by atoms with van der Waals surface area (Å²) in [5.74, 6) is 0. The summed E-state index contributed by atoms with van der Waals surface area (Å²) in [6.45, 7) is 8.58. The van der Waals surface area contributed by atoms with Crippen molar-refractivity contribution in [1.29, 1.82) is 0 Å². The Balaban J connectivity index is 0.00000106. The highest BCUT2D eigenvalue weighted by atomic mass is 32.3. The minimum Gasteiger partial charge on any atom is -0.399 e. The molecule has 0 aromatic heterocycles. The first kappa shape index (κ1) is 18.3. The van der Waals surface area contributed by atoms with E-state index in [2.05, 4.69) is 59.8 Å². The number of aryl methyl sites for hydroxylation is 1. The molecule has 1 aliphatic carbocycles. The lowest BCUT2D eigenvalue weighted by molar-refractivity contribution is -0.703. The third-order valence-electron chi connectivity index (χ3n) is 3.95. The summed E-state index contributed by atoms with van der Waals surface area (Å²) in [4.78, 5) is 0. The number of benzene rings is 1. The minimum atomic E-state index is -1.15. The second-order valence-electron chi connectivity index (χ2n) is 6.43. The number of nitrogen functional groups attached to an aromatic ring is 1. The molecule has 3 nitrogen and oxygen atoms in total. The van der Waals surface area contributed by atoms with Crippen LogP contribution in [0.5, 0.6) is 0 Å². The van der Waals surface area contributed by atoms with Gasteiger partial charge in [-0.25, -0.2) is 4.28 Å². The number of nitrogens with two attached hydrogens (primary N) is 1. The SMILES string of the molecule is CC(C)(C)S(C)(C)O/[NH+]=C1/CCc2cc(N)ccc21.CP. The maximum absolute atomic E-state index is 6.03. The monoisotopic (exact) mass is 329 g/mol. The van der Waals surface area contributed by atoms with Gasteiger partial charge in [-0.1, -0.05) is 6.66 Å². The fourth-order valence-electron chi connectivity index (χ4n) is 1.89. The number of hydrogen-bond donors (Lipinski definition) is 2. The lowest BCUT2D eigenvalue weighted by Crippen LogP contribution is -2.72. The van der Waals surface area contributed by atoms with Crippen molar-refractivity contribution in [2.45, 2.75) is 38.4 Å². The first-order valence-corrected chi connectivity index (χ1v) is 10.7. The van der Waals surface area contributed by atoms with Gasteiger partial charge in [0.25, 0.3) is 0 Å². The molecule has 1 atom stereocenters. The predicted octanol–water partition coefficient (Wildman–Crippen LogP) is 2.29. The smallest absolute Gasteiger partial charge is 0.234 e. The number of anilines is 1. The van der Waals surface area contributed by atoms with Gasteiger partial charge in [-0.05, 0) is 66.4 Å².